The third kappa shape index (κ3) is 8.94. The summed E-state index contributed by atoms with van der Waals surface area (Å²) >= 11 is 0. The summed E-state index contributed by atoms with van der Waals surface area (Å²) in [5, 5.41) is 52.7. The fraction of sp³-hybridized carbons (Fsp3) is 0.510. The summed E-state index contributed by atoms with van der Waals surface area (Å²) in [5.41, 5.74) is -0.362. The molecule has 1 saturated heterocycles. The fourth-order valence-corrected chi connectivity index (χ4v) is 9.68. The Hall–Kier alpha value is -6.08. The van der Waals surface area contributed by atoms with Crippen LogP contribution < -0.4 is 20.4 Å². The number of aromatic nitrogens is 1. The van der Waals surface area contributed by atoms with Crippen molar-refractivity contribution in [3.05, 3.63) is 74.5 Å². The van der Waals surface area contributed by atoms with Crippen molar-refractivity contribution in [2.24, 2.45) is 28.8 Å². The Bertz CT molecular complexity index is 2740. The van der Waals surface area contributed by atoms with Crippen molar-refractivity contribution in [1.29, 1.82) is 0 Å². The Morgan fingerprint density at radius 2 is 1.69 bits per heavy atom. The maximum atomic E-state index is 14.5. The molecule has 0 spiro atoms. The van der Waals surface area contributed by atoms with E-state index in [1.807, 2.05) is 0 Å². The Labute approximate surface area is 387 Å². The number of rotatable bonds is 5. The number of fused-ring (bicyclic) bond motifs is 5. The Morgan fingerprint density at radius 3 is 2.33 bits per heavy atom. The van der Waals surface area contributed by atoms with Crippen LogP contribution in [-0.4, -0.2) is 112 Å². The second-order valence-electron chi connectivity index (χ2n) is 18.2. The number of amides is 1. The Kier molecular flexibility index (Phi) is 14.0. The highest BCUT2D eigenvalue weighted by Crippen LogP contribution is 2.54. The lowest BCUT2D eigenvalue weighted by Crippen LogP contribution is -2.46. The van der Waals surface area contributed by atoms with Crippen molar-refractivity contribution in [2.45, 2.75) is 98.6 Å². The van der Waals surface area contributed by atoms with Gasteiger partial charge in [0.2, 0.25) is 0 Å². The number of anilines is 2. The number of carbonyl (C=O) groups excluding carboxylic acids is 2. The van der Waals surface area contributed by atoms with E-state index in [1.165, 1.54) is 53.2 Å². The standard InChI is InChI=1S/C49H61N5O13/c1-11-53-16-18-54(19-17-53)30-21-31(56)37-33(22-30)66-46-38(50-37)34-35-42(59)28(7)45-36(34)47(52-62)49(9,67-45)64-20-15-32(63-10)25(4)44(65-29(8)55)27(6)41(58)26(5)40(57)23(2)13-12-14-24(3)48(61)51-39(46)43(35)60/h12-15,20-23,25-27,32,40-41,44,47,56-58,60H,11,16-19H2,1-10H3,(H,51,61)/t23-,25+,26+,27+,32-,40-,41+,44+,47?,49-/m0/s1. The summed E-state index contributed by atoms with van der Waals surface area (Å²) in [7, 11) is 1.44. The maximum absolute atomic E-state index is 14.5. The highest BCUT2D eigenvalue weighted by molar-refractivity contribution is 6.20. The van der Waals surface area contributed by atoms with Crippen molar-refractivity contribution >= 4 is 56.2 Å². The minimum Gasteiger partial charge on any atom is -0.505 e. The highest BCUT2D eigenvalue weighted by Gasteiger charge is 2.52. The predicted octanol–water partition coefficient (Wildman–Crippen LogP) is 6.47. The number of benzene rings is 3. The number of aliphatic hydroxyl groups is 2. The molecule has 5 bridgehead atoms. The average molecular weight is 928 g/mol. The number of piperazine rings is 1. The monoisotopic (exact) mass is 927 g/mol. The molecule has 0 radical (unpaired) electrons. The van der Waals surface area contributed by atoms with Crippen LogP contribution in [0.4, 0.5) is 11.4 Å². The number of hydrogen-bond acceptors (Lipinski definition) is 17. The zero-order valence-corrected chi connectivity index (χ0v) is 39.5. The van der Waals surface area contributed by atoms with Gasteiger partial charge in [0.05, 0.1) is 30.0 Å². The number of esters is 1. The Balaban J connectivity index is 1.46. The zero-order valence-electron chi connectivity index (χ0n) is 39.5. The van der Waals surface area contributed by atoms with Crippen molar-refractivity contribution in [3.63, 3.8) is 0 Å². The normalized spacial score (nSPS) is 29.0. The number of aromatic hydroxyl groups is 2. The average Bonchev–Trinajstić information content (AvgIpc) is 3.61. The van der Waals surface area contributed by atoms with Gasteiger partial charge in [-0.25, -0.2) is 4.98 Å². The second-order valence-corrected chi connectivity index (χ2v) is 18.2. The van der Waals surface area contributed by atoms with Crippen LogP contribution in [0.2, 0.25) is 0 Å². The minimum atomic E-state index is -1.92. The Morgan fingerprint density at radius 1 is 0.985 bits per heavy atom. The number of phenols is 2. The molecule has 18 heteroatoms. The summed E-state index contributed by atoms with van der Waals surface area (Å²) < 4.78 is 30.7. The van der Waals surface area contributed by atoms with Crippen LogP contribution in [0.1, 0.15) is 72.6 Å². The van der Waals surface area contributed by atoms with Gasteiger partial charge < -0.3 is 58.9 Å². The number of likely N-dealkylation sites (N-methyl/N-ethyl adjacent to an activating group) is 1. The topological polar surface area (TPSA) is 243 Å². The van der Waals surface area contributed by atoms with Crippen LogP contribution in [-0.2, 0) is 23.8 Å². The zero-order chi connectivity index (χ0) is 48.8. The highest BCUT2D eigenvalue weighted by atomic mass is 16.7. The number of phenolic OH excluding ortho intramolecular Hbond substituents is 2. The van der Waals surface area contributed by atoms with E-state index in [2.05, 4.69) is 27.2 Å². The van der Waals surface area contributed by atoms with Crippen molar-refractivity contribution in [1.82, 2.24) is 9.88 Å². The van der Waals surface area contributed by atoms with Gasteiger partial charge in [0, 0.05) is 111 Å². The molecule has 0 saturated carbocycles. The number of hydrogen-bond donors (Lipinski definition) is 5. The van der Waals surface area contributed by atoms with Gasteiger partial charge in [-0.05, 0) is 26.5 Å². The smallest absolute Gasteiger partial charge is 0.302 e. The van der Waals surface area contributed by atoms with E-state index >= 15 is 0 Å². The molecule has 1 aromatic heterocycles. The van der Waals surface area contributed by atoms with Gasteiger partial charge >= 0.3 is 5.97 Å². The first-order valence-corrected chi connectivity index (χ1v) is 22.6. The molecular weight excluding hydrogens is 867 g/mol. The molecule has 67 heavy (non-hydrogen) atoms. The number of nitroso groups, excluding NO2 is 1. The van der Waals surface area contributed by atoms with E-state index in [4.69, 9.17) is 28.3 Å². The minimum absolute atomic E-state index is 0.000393. The molecule has 1 amide bonds. The number of allylic oxidation sites excluding steroid dienone is 2. The lowest BCUT2D eigenvalue weighted by Gasteiger charge is -2.38. The van der Waals surface area contributed by atoms with Crippen LogP contribution >= 0.6 is 0 Å². The molecule has 18 nitrogen and oxygen atoms in total. The quantitative estimate of drug-likeness (QED) is 0.0474. The number of nitrogens with zero attached hydrogens (tertiary/aromatic N) is 4. The molecular formula is C49H61N5O13. The molecule has 3 aliphatic rings. The van der Waals surface area contributed by atoms with E-state index in [1.54, 1.807) is 52.0 Å². The van der Waals surface area contributed by atoms with Gasteiger partial charge in [-0.2, -0.15) is 0 Å². The van der Waals surface area contributed by atoms with E-state index in [-0.39, 0.29) is 66.9 Å². The van der Waals surface area contributed by atoms with Crippen LogP contribution in [0.3, 0.4) is 0 Å². The lowest BCUT2D eigenvalue weighted by atomic mass is 9.78. The first kappa shape index (κ1) is 48.8. The van der Waals surface area contributed by atoms with Gasteiger partial charge in [-0.15, -0.1) is 4.91 Å². The van der Waals surface area contributed by atoms with Gasteiger partial charge in [-0.1, -0.05) is 58.0 Å². The van der Waals surface area contributed by atoms with Crippen molar-refractivity contribution < 1.29 is 53.4 Å². The molecule has 4 aromatic rings. The third-order valence-electron chi connectivity index (χ3n) is 13.9. The molecule has 3 aromatic carbocycles. The fourth-order valence-electron chi connectivity index (χ4n) is 9.68. The number of carbonyl (C=O) groups is 2. The second kappa shape index (κ2) is 19.3. The molecule has 0 aliphatic carbocycles. The van der Waals surface area contributed by atoms with Crippen LogP contribution in [0.25, 0.3) is 33.0 Å². The largest absolute Gasteiger partial charge is 0.505 e. The summed E-state index contributed by atoms with van der Waals surface area (Å²) in [5.74, 6) is -6.75. The number of ether oxygens (including phenoxy) is 4. The maximum Gasteiger partial charge on any atom is 0.302 e. The SMILES string of the molecule is CCN1CCN(c2cc(O)c3nc4c(oc3c2)c2c(O)c3c(=O)c(C)c5c(c34)C(N=O)[C@@](C)(OC=C[C@H](OC)[C@@H](C)[C@@H](OC(C)=O)[C@H](C)[C@H](O)[C@H](C)[C@@H](O)[C@@H](C)C=CC=C(C)C(=O)N2)O5)CC1. The van der Waals surface area contributed by atoms with Crippen molar-refractivity contribution in [2.75, 3.05) is 50.1 Å². The predicted molar refractivity (Wildman–Crippen MR) is 252 cm³/mol. The molecule has 10 atom stereocenters. The summed E-state index contributed by atoms with van der Waals surface area (Å²) in [6.45, 7) is 18.6. The third-order valence-corrected chi connectivity index (χ3v) is 13.9. The summed E-state index contributed by atoms with van der Waals surface area (Å²) in [6, 6.07) is 1.76. The number of methoxy groups -OCH3 is 1. The molecule has 360 valence electrons. The molecule has 7 rings (SSSR count). The molecule has 1 unspecified atom stereocenters. The molecule has 4 heterocycles. The molecule has 5 N–H and O–H groups in total. The first-order valence-electron chi connectivity index (χ1n) is 22.6. The van der Waals surface area contributed by atoms with Gasteiger partial charge in [0.15, 0.2) is 28.4 Å². The van der Waals surface area contributed by atoms with E-state index in [9.17, 15) is 39.7 Å². The lowest BCUT2D eigenvalue weighted by molar-refractivity contribution is -0.160. The van der Waals surface area contributed by atoms with Crippen LogP contribution in [0.15, 0.2) is 62.7 Å². The summed E-state index contributed by atoms with van der Waals surface area (Å²) in [6.07, 6.45) is 3.56. The van der Waals surface area contributed by atoms with Crippen LogP contribution in [0, 0.1) is 35.5 Å². The van der Waals surface area contributed by atoms with Gasteiger partial charge in [-0.3, -0.25) is 14.4 Å². The van der Waals surface area contributed by atoms with Gasteiger partial charge in [0.1, 0.15) is 34.3 Å². The summed E-state index contributed by atoms with van der Waals surface area (Å²) in [4.78, 5) is 63.4. The molecule has 1 fully saturated rings. The first-order chi connectivity index (χ1) is 31.8. The van der Waals surface area contributed by atoms with Crippen molar-refractivity contribution in [3.8, 4) is 17.2 Å². The number of nitrogens with one attached hydrogen (secondary N) is 1. The van der Waals surface area contributed by atoms with Crippen LogP contribution in [0.5, 0.6) is 17.2 Å². The van der Waals surface area contributed by atoms with E-state index in [0.29, 0.717) is 18.8 Å². The number of aliphatic hydroxyl groups excluding tert-OH is 2. The van der Waals surface area contributed by atoms with E-state index < -0.39 is 83.0 Å². The van der Waals surface area contributed by atoms with E-state index in [0.717, 1.165) is 19.6 Å². The molecule has 3 aliphatic heterocycles. The van der Waals surface area contributed by atoms with Gasteiger partial charge in [0.25, 0.3) is 11.7 Å².